The molecule has 3 N–H and O–H groups in total. The first kappa shape index (κ1) is 11.6. The quantitative estimate of drug-likeness (QED) is 0.639. The Morgan fingerprint density at radius 1 is 1.64 bits per heavy atom. The molecule has 1 unspecified atom stereocenters. The monoisotopic (exact) mass is 214 g/mol. The summed E-state index contributed by atoms with van der Waals surface area (Å²) in [7, 11) is 0. The Morgan fingerprint density at radius 3 is 3.07 bits per heavy atom. The number of aliphatic hydroxyl groups excluding tert-OH is 1. The summed E-state index contributed by atoms with van der Waals surface area (Å²) in [5, 5.41) is 12.3. The molecule has 0 bridgehead atoms. The van der Waals surface area contributed by atoms with Gasteiger partial charge in [-0.15, -0.1) is 0 Å². The van der Waals surface area contributed by atoms with Crippen molar-refractivity contribution in [1.82, 2.24) is 10.3 Å². The Labute approximate surface area is 89.3 Å². The van der Waals surface area contributed by atoms with Crippen molar-refractivity contribution < 1.29 is 5.11 Å². The van der Waals surface area contributed by atoms with Crippen molar-refractivity contribution in [1.29, 1.82) is 0 Å². The molecule has 0 fully saturated rings. The van der Waals surface area contributed by atoms with Crippen LogP contribution in [0.4, 0.5) is 0 Å². The third-order valence-corrected chi connectivity index (χ3v) is 2.84. The van der Waals surface area contributed by atoms with E-state index in [1.165, 1.54) is 5.56 Å². The summed E-state index contributed by atoms with van der Waals surface area (Å²) < 4.78 is 0. The maximum absolute atomic E-state index is 8.87. The molecule has 0 saturated carbocycles. The van der Waals surface area contributed by atoms with Crippen LogP contribution in [0.3, 0.4) is 0 Å². The van der Waals surface area contributed by atoms with E-state index in [0.717, 1.165) is 18.7 Å². The van der Waals surface area contributed by atoms with Crippen LogP contribution in [-0.2, 0) is 6.54 Å². The highest BCUT2D eigenvalue weighted by molar-refractivity contribution is 7.98. The molecule has 1 aromatic heterocycles. The van der Waals surface area contributed by atoms with Crippen molar-refractivity contribution in [2.45, 2.75) is 19.0 Å². The summed E-state index contributed by atoms with van der Waals surface area (Å²) in [5.74, 6) is 1.05. The van der Waals surface area contributed by atoms with Gasteiger partial charge in [0.2, 0.25) is 0 Å². The van der Waals surface area contributed by atoms with Crippen LogP contribution in [0, 0.1) is 0 Å². The molecule has 0 saturated heterocycles. The average Bonchev–Trinajstić information content (AvgIpc) is 2.67. The lowest BCUT2D eigenvalue weighted by atomic mass is 10.2. The molecule has 1 atom stereocenters. The van der Waals surface area contributed by atoms with Crippen molar-refractivity contribution in [2.24, 2.45) is 0 Å². The molecular formula is C10H18N2OS. The molecule has 14 heavy (non-hydrogen) atoms. The minimum Gasteiger partial charge on any atom is -0.396 e. The number of H-pyrrole nitrogens is 1. The van der Waals surface area contributed by atoms with Gasteiger partial charge < -0.3 is 15.4 Å². The van der Waals surface area contributed by atoms with E-state index in [4.69, 9.17) is 5.11 Å². The smallest absolute Gasteiger partial charge is 0.0446 e. The standard InChI is InChI=1S/C10H18N2OS/c1-14-8-10(3-5-13)12-7-9-2-4-11-6-9/h2,4,6,10-13H,3,5,7-8H2,1H3. The van der Waals surface area contributed by atoms with Crippen molar-refractivity contribution >= 4 is 11.8 Å². The fourth-order valence-electron chi connectivity index (χ4n) is 1.33. The molecule has 0 aliphatic carbocycles. The van der Waals surface area contributed by atoms with Crippen LogP contribution in [0.15, 0.2) is 18.5 Å². The Kier molecular flexibility index (Phi) is 5.75. The van der Waals surface area contributed by atoms with Crippen molar-refractivity contribution in [3.8, 4) is 0 Å². The summed E-state index contributed by atoms with van der Waals surface area (Å²) in [6.07, 6.45) is 6.82. The highest BCUT2D eigenvalue weighted by atomic mass is 32.2. The van der Waals surface area contributed by atoms with Gasteiger partial charge in [0.25, 0.3) is 0 Å². The number of aromatic amines is 1. The SMILES string of the molecule is CSCC(CCO)NCc1cc[nH]c1. The third-order valence-electron chi connectivity index (χ3n) is 2.10. The van der Waals surface area contributed by atoms with E-state index in [1.54, 1.807) is 11.8 Å². The van der Waals surface area contributed by atoms with Gasteiger partial charge in [0.1, 0.15) is 0 Å². The second kappa shape index (κ2) is 6.92. The minimum absolute atomic E-state index is 0.255. The molecule has 0 amide bonds. The topological polar surface area (TPSA) is 48.0 Å². The predicted octanol–water partition coefficient (Wildman–Crippen LogP) is 1.22. The Morgan fingerprint density at radius 2 is 2.50 bits per heavy atom. The van der Waals surface area contributed by atoms with E-state index >= 15 is 0 Å². The van der Waals surface area contributed by atoms with Gasteiger partial charge in [0.05, 0.1) is 0 Å². The van der Waals surface area contributed by atoms with Crippen molar-refractivity contribution in [3.05, 3.63) is 24.0 Å². The van der Waals surface area contributed by atoms with Crippen LogP contribution in [0.2, 0.25) is 0 Å². The van der Waals surface area contributed by atoms with E-state index in [9.17, 15) is 0 Å². The zero-order valence-corrected chi connectivity index (χ0v) is 9.31. The van der Waals surface area contributed by atoms with Crippen LogP contribution < -0.4 is 5.32 Å². The molecule has 1 heterocycles. The molecule has 0 spiro atoms. The fraction of sp³-hybridized carbons (Fsp3) is 0.600. The molecule has 4 heteroatoms. The van der Waals surface area contributed by atoms with Gasteiger partial charge in [-0.1, -0.05) is 0 Å². The predicted molar refractivity (Wildman–Crippen MR) is 61.5 cm³/mol. The summed E-state index contributed by atoms with van der Waals surface area (Å²) in [6, 6.07) is 2.46. The second-order valence-corrected chi connectivity index (χ2v) is 4.18. The van der Waals surface area contributed by atoms with E-state index in [2.05, 4.69) is 22.6 Å². The number of rotatable bonds is 7. The minimum atomic E-state index is 0.255. The van der Waals surface area contributed by atoms with Gasteiger partial charge in [-0.25, -0.2) is 0 Å². The first-order valence-corrected chi connectivity index (χ1v) is 6.21. The van der Waals surface area contributed by atoms with Gasteiger partial charge >= 0.3 is 0 Å². The number of thioether (sulfide) groups is 1. The molecule has 0 aromatic carbocycles. The molecule has 1 aromatic rings. The lowest BCUT2D eigenvalue weighted by Crippen LogP contribution is -2.31. The zero-order valence-electron chi connectivity index (χ0n) is 8.49. The maximum Gasteiger partial charge on any atom is 0.0446 e. The molecule has 3 nitrogen and oxygen atoms in total. The van der Waals surface area contributed by atoms with Gasteiger partial charge in [-0.2, -0.15) is 11.8 Å². The number of nitrogens with one attached hydrogen (secondary N) is 2. The molecule has 80 valence electrons. The fourth-order valence-corrected chi connectivity index (χ4v) is 2.02. The van der Waals surface area contributed by atoms with E-state index < -0.39 is 0 Å². The largest absolute Gasteiger partial charge is 0.396 e. The van der Waals surface area contributed by atoms with Crippen LogP contribution in [0.1, 0.15) is 12.0 Å². The van der Waals surface area contributed by atoms with Gasteiger partial charge in [-0.3, -0.25) is 0 Å². The third kappa shape index (κ3) is 4.17. The first-order chi connectivity index (χ1) is 6.86. The zero-order chi connectivity index (χ0) is 10.2. The lowest BCUT2D eigenvalue weighted by Gasteiger charge is -2.15. The summed E-state index contributed by atoms with van der Waals surface area (Å²) >= 11 is 1.81. The number of hydrogen-bond donors (Lipinski definition) is 3. The van der Waals surface area contributed by atoms with Gasteiger partial charge in [0, 0.05) is 37.3 Å². The second-order valence-electron chi connectivity index (χ2n) is 3.26. The van der Waals surface area contributed by atoms with Crippen molar-refractivity contribution in [2.75, 3.05) is 18.6 Å². The van der Waals surface area contributed by atoms with Crippen LogP contribution in [0.5, 0.6) is 0 Å². The van der Waals surface area contributed by atoms with Crippen LogP contribution >= 0.6 is 11.8 Å². The maximum atomic E-state index is 8.87. The summed E-state index contributed by atoms with van der Waals surface area (Å²) in [5.41, 5.74) is 1.26. The molecule has 0 aliphatic heterocycles. The number of aromatic nitrogens is 1. The van der Waals surface area contributed by atoms with Crippen LogP contribution in [0.25, 0.3) is 0 Å². The molecular weight excluding hydrogens is 196 g/mol. The summed E-state index contributed by atoms with van der Waals surface area (Å²) in [4.78, 5) is 3.02. The highest BCUT2D eigenvalue weighted by Crippen LogP contribution is 2.03. The van der Waals surface area contributed by atoms with Crippen molar-refractivity contribution in [3.63, 3.8) is 0 Å². The molecule has 0 radical (unpaired) electrons. The van der Waals surface area contributed by atoms with Crippen LogP contribution in [-0.4, -0.2) is 34.7 Å². The van der Waals surface area contributed by atoms with E-state index in [-0.39, 0.29) is 6.61 Å². The number of hydrogen-bond acceptors (Lipinski definition) is 3. The van der Waals surface area contributed by atoms with E-state index in [0.29, 0.717) is 6.04 Å². The van der Waals surface area contributed by atoms with Gasteiger partial charge in [0.15, 0.2) is 0 Å². The lowest BCUT2D eigenvalue weighted by molar-refractivity contribution is 0.270. The first-order valence-electron chi connectivity index (χ1n) is 4.81. The normalized spacial score (nSPS) is 13.0. The van der Waals surface area contributed by atoms with Gasteiger partial charge in [-0.05, 0) is 24.3 Å². The Bertz CT molecular complexity index is 220. The highest BCUT2D eigenvalue weighted by Gasteiger charge is 2.06. The summed E-state index contributed by atoms with van der Waals surface area (Å²) in [6.45, 7) is 1.13. The molecule has 0 aliphatic rings. The molecule has 1 rings (SSSR count). The Balaban J connectivity index is 2.25. The van der Waals surface area contributed by atoms with E-state index in [1.807, 2.05) is 12.4 Å². The average molecular weight is 214 g/mol. The Hall–Kier alpha value is -0.450. The number of aliphatic hydroxyl groups is 1.